The van der Waals surface area contributed by atoms with Crippen LogP contribution >= 0.6 is 11.6 Å². The van der Waals surface area contributed by atoms with Crippen molar-refractivity contribution in [2.45, 2.75) is 52.0 Å². The molecule has 5 heteroatoms. The maximum absolute atomic E-state index is 9.62. The van der Waals surface area contributed by atoms with E-state index in [9.17, 15) is 5.11 Å². The third kappa shape index (κ3) is 3.18. The maximum Gasteiger partial charge on any atom is 0.137 e. The third-order valence-electron chi connectivity index (χ3n) is 3.78. The zero-order chi connectivity index (χ0) is 13.8. The average Bonchev–Trinajstić information content (AvgIpc) is 2.66. The predicted molar refractivity (Wildman–Crippen MR) is 77.8 cm³/mol. The predicted octanol–water partition coefficient (Wildman–Crippen LogP) is 2.74. The van der Waals surface area contributed by atoms with E-state index in [1.54, 1.807) is 0 Å². The zero-order valence-corrected chi connectivity index (χ0v) is 12.4. The van der Waals surface area contributed by atoms with Gasteiger partial charge in [0.1, 0.15) is 16.8 Å². The molecule has 2 heterocycles. The molecule has 1 aliphatic heterocycles. The summed E-state index contributed by atoms with van der Waals surface area (Å²) in [5, 5.41) is 10.1. The summed E-state index contributed by atoms with van der Waals surface area (Å²) in [4.78, 5) is 11.1. The van der Waals surface area contributed by atoms with Crippen LogP contribution in [0.3, 0.4) is 0 Å². The Balaban J connectivity index is 2.39. The molecule has 0 aliphatic carbocycles. The third-order valence-corrected chi connectivity index (χ3v) is 4.15. The van der Waals surface area contributed by atoms with Crippen LogP contribution in [0.4, 0.5) is 5.82 Å². The largest absolute Gasteiger partial charge is 0.394 e. The van der Waals surface area contributed by atoms with E-state index in [0.717, 1.165) is 43.0 Å². The second-order valence-electron chi connectivity index (χ2n) is 5.11. The van der Waals surface area contributed by atoms with Gasteiger partial charge in [0.05, 0.1) is 12.6 Å². The van der Waals surface area contributed by atoms with Crippen LogP contribution in [0.2, 0.25) is 5.15 Å². The molecule has 0 aromatic carbocycles. The van der Waals surface area contributed by atoms with Gasteiger partial charge < -0.3 is 10.0 Å². The van der Waals surface area contributed by atoms with Crippen LogP contribution in [0.25, 0.3) is 0 Å². The van der Waals surface area contributed by atoms with Gasteiger partial charge in [-0.1, -0.05) is 31.4 Å². The Morgan fingerprint density at radius 1 is 1.32 bits per heavy atom. The van der Waals surface area contributed by atoms with Crippen molar-refractivity contribution in [3.8, 4) is 0 Å². The number of hydrogen-bond donors (Lipinski definition) is 1. The molecule has 4 nitrogen and oxygen atoms in total. The highest BCUT2D eigenvalue weighted by atomic mass is 35.5. The molecule has 0 amide bonds. The van der Waals surface area contributed by atoms with Gasteiger partial charge in [0.2, 0.25) is 0 Å². The van der Waals surface area contributed by atoms with Crippen molar-refractivity contribution >= 4 is 17.4 Å². The van der Waals surface area contributed by atoms with Crippen LogP contribution in [0.5, 0.6) is 0 Å². The lowest BCUT2D eigenvalue weighted by molar-refractivity contribution is 0.254. The van der Waals surface area contributed by atoms with E-state index >= 15 is 0 Å². The highest BCUT2D eigenvalue weighted by Gasteiger charge is 2.24. The van der Waals surface area contributed by atoms with Crippen molar-refractivity contribution in [1.29, 1.82) is 0 Å². The first kappa shape index (κ1) is 14.5. The monoisotopic (exact) mass is 283 g/mol. The molecule has 1 atom stereocenters. The fourth-order valence-corrected chi connectivity index (χ4v) is 2.79. The SMILES string of the molecule is CCc1nc(Cl)c(C)c(N2CCCCCC2CO)n1. The quantitative estimate of drug-likeness (QED) is 0.867. The Morgan fingerprint density at radius 3 is 2.79 bits per heavy atom. The molecule has 1 unspecified atom stereocenters. The van der Waals surface area contributed by atoms with Gasteiger partial charge in [-0.3, -0.25) is 0 Å². The summed E-state index contributed by atoms with van der Waals surface area (Å²) in [5.74, 6) is 1.67. The molecule has 1 aromatic rings. The molecule has 2 rings (SSSR count). The first-order valence-corrected chi connectivity index (χ1v) is 7.45. The van der Waals surface area contributed by atoms with Crippen LogP contribution in [0.15, 0.2) is 0 Å². The molecule has 1 fully saturated rings. The molecule has 106 valence electrons. The van der Waals surface area contributed by atoms with Gasteiger partial charge in [-0.2, -0.15) is 0 Å². The lowest BCUT2D eigenvalue weighted by Gasteiger charge is -2.31. The van der Waals surface area contributed by atoms with E-state index < -0.39 is 0 Å². The summed E-state index contributed by atoms with van der Waals surface area (Å²) in [7, 11) is 0. The van der Waals surface area contributed by atoms with Gasteiger partial charge >= 0.3 is 0 Å². The Hall–Kier alpha value is -0.870. The van der Waals surface area contributed by atoms with Crippen molar-refractivity contribution in [2.75, 3.05) is 18.1 Å². The van der Waals surface area contributed by atoms with Crippen LogP contribution < -0.4 is 4.90 Å². The molecule has 1 aromatic heterocycles. The Labute approximate surface area is 119 Å². The van der Waals surface area contributed by atoms with Gasteiger partial charge in [0.25, 0.3) is 0 Å². The van der Waals surface area contributed by atoms with Gasteiger partial charge in [0, 0.05) is 18.5 Å². The highest BCUT2D eigenvalue weighted by Crippen LogP contribution is 2.28. The second kappa shape index (κ2) is 6.53. The topological polar surface area (TPSA) is 49.2 Å². The standard InChI is InChI=1S/C14H22ClN3O/c1-3-12-16-13(15)10(2)14(17-12)18-8-6-4-5-7-11(18)9-19/h11,19H,3-9H2,1-2H3. The molecular formula is C14H22ClN3O. The van der Waals surface area contributed by atoms with Crippen LogP contribution in [-0.2, 0) is 6.42 Å². The van der Waals surface area contributed by atoms with Gasteiger partial charge in [-0.05, 0) is 19.8 Å². The number of hydrogen-bond acceptors (Lipinski definition) is 4. The summed E-state index contributed by atoms with van der Waals surface area (Å²) in [6.07, 6.45) is 5.30. The number of halogens is 1. The van der Waals surface area contributed by atoms with E-state index in [4.69, 9.17) is 11.6 Å². The summed E-state index contributed by atoms with van der Waals surface area (Å²) in [6, 6.07) is 0.150. The molecule has 0 radical (unpaired) electrons. The Morgan fingerprint density at radius 2 is 2.11 bits per heavy atom. The summed E-state index contributed by atoms with van der Waals surface area (Å²) < 4.78 is 0. The van der Waals surface area contributed by atoms with Gasteiger partial charge in [0.15, 0.2) is 0 Å². The first-order chi connectivity index (χ1) is 9.17. The summed E-state index contributed by atoms with van der Waals surface area (Å²) in [6.45, 7) is 5.08. The van der Waals surface area contributed by atoms with Crippen LogP contribution in [0.1, 0.15) is 44.0 Å². The van der Waals surface area contributed by atoms with E-state index in [0.29, 0.717) is 5.15 Å². The number of nitrogens with zero attached hydrogens (tertiary/aromatic N) is 3. The van der Waals surface area contributed by atoms with Crippen molar-refractivity contribution in [2.24, 2.45) is 0 Å². The molecule has 19 heavy (non-hydrogen) atoms. The van der Waals surface area contributed by atoms with Crippen molar-refractivity contribution in [3.63, 3.8) is 0 Å². The van der Waals surface area contributed by atoms with Gasteiger partial charge in [-0.25, -0.2) is 9.97 Å². The summed E-state index contributed by atoms with van der Waals surface area (Å²) >= 11 is 6.21. The number of anilines is 1. The van der Waals surface area contributed by atoms with Crippen LogP contribution in [-0.4, -0.2) is 34.3 Å². The first-order valence-electron chi connectivity index (χ1n) is 7.07. The average molecular weight is 284 g/mol. The minimum absolute atomic E-state index is 0.150. The smallest absolute Gasteiger partial charge is 0.137 e. The number of aryl methyl sites for hydroxylation is 1. The van der Waals surface area contributed by atoms with Crippen LogP contribution in [0, 0.1) is 6.92 Å². The lowest BCUT2D eigenvalue weighted by Crippen LogP contribution is -2.38. The van der Waals surface area contributed by atoms with E-state index in [-0.39, 0.29) is 12.6 Å². The van der Waals surface area contributed by atoms with Crippen molar-refractivity contribution in [1.82, 2.24) is 9.97 Å². The molecule has 0 bridgehead atoms. The number of aliphatic hydroxyl groups is 1. The van der Waals surface area contributed by atoms with E-state index in [1.807, 2.05) is 13.8 Å². The zero-order valence-electron chi connectivity index (χ0n) is 11.7. The summed E-state index contributed by atoms with van der Waals surface area (Å²) in [5.41, 5.74) is 0.916. The van der Waals surface area contributed by atoms with E-state index in [1.165, 1.54) is 12.8 Å². The molecule has 1 saturated heterocycles. The lowest BCUT2D eigenvalue weighted by atomic mass is 10.1. The number of rotatable bonds is 3. The molecule has 1 N–H and O–H groups in total. The highest BCUT2D eigenvalue weighted by molar-refractivity contribution is 6.30. The Bertz CT molecular complexity index is 439. The van der Waals surface area contributed by atoms with Gasteiger partial charge in [-0.15, -0.1) is 0 Å². The fraction of sp³-hybridized carbons (Fsp3) is 0.714. The molecular weight excluding hydrogens is 262 g/mol. The molecule has 0 saturated carbocycles. The van der Waals surface area contributed by atoms with Crippen molar-refractivity contribution < 1.29 is 5.11 Å². The number of aromatic nitrogens is 2. The normalized spacial score (nSPS) is 20.4. The molecule has 0 spiro atoms. The van der Waals surface area contributed by atoms with Crippen molar-refractivity contribution in [3.05, 3.63) is 16.5 Å². The minimum atomic E-state index is 0.150. The Kier molecular flexibility index (Phi) is 4.99. The number of aliphatic hydroxyl groups excluding tert-OH is 1. The second-order valence-corrected chi connectivity index (χ2v) is 5.47. The van der Waals surface area contributed by atoms with E-state index in [2.05, 4.69) is 14.9 Å². The fourth-order valence-electron chi connectivity index (χ4n) is 2.60. The molecule has 1 aliphatic rings. The maximum atomic E-state index is 9.62. The minimum Gasteiger partial charge on any atom is -0.394 e.